The Hall–Kier alpha value is -0.830. The molecule has 0 aromatic rings. The minimum atomic E-state index is -0.664. The smallest absolute Gasteiger partial charge is 0.311 e. The van der Waals surface area contributed by atoms with Gasteiger partial charge in [0.1, 0.15) is 0 Å². The summed E-state index contributed by atoms with van der Waals surface area (Å²) in [5, 5.41) is 9.30. The number of aliphatic hydroxyl groups is 1. The SMILES string of the molecule is COC(=O)[C@@H](CC=C(C)C)[C@H](C)O. The second kappa shape index (κ2) is 5.75. The van der Waals surface area contributed by atoms with E-state index in [0.717, 1.165) is 5.57 Å². The maximum Gasteiger partial charge on any atom is 0.311 e. The van der Waals surface area contributed by atoms with Gasteiger partial charge in [-0.05, 0) is 27.2 Å². The van der Waals surface area contributed by atoms with Crippen LogP contribution in [0.5, 0.6) is 0 Å². The first-order valence-corrected chi connectivity index (χ1v) is 4.38. The number of methoxy groups -OCH3 is 1. The zero-order valence-electron chi connectivity index (χ0n) is 8.70. The Balaban J connectivity index is 4.27. The summed E-state index contributed by atoms with van der Waals surface area (Å²) < 4.78 is 4.58. The highest BCUT2D eigenvalue weighted by Gasteiger charge is 2.22. The molecule has 0 aliphatic carbocycles. The van der Waals surface area contributed by atoms with E-state index < -0.39 is 12.0 Å². The lowest BCUT2D eigenvalue weighted by Crippen LogP contribution is -2.26. The summed E-state index contributed by atoms with van der Waals surface area (Å²) in [7, 11) is 1.33. The Morgan fingerprint density at radius 2 is 2.08 bits per heavy atom. The maximum atomic E-state index is 11.2. The van der Waals surface area contributed by atoms with E-state index in [0.29, 0.717) is 6.42 Å². The summed E-state index contributed by atoms with van der Waals surface area (Å²) in [4.78, 5) is 11.2. The Morgan fingerprint density at radius 3 is 2.38 bits per heavy atom. The molecule has 13 heavy (non-hydrogen) atoms. The predicted octanol–water partition coefficient (Wildman–Crippen LogP) is 1.51. The van der Waals surface area contributed by atoms with E-state index in [-0.39, 0.29) is 5.97 Å². The van der Waals surface area contributed by atoms with Gasteiger partial charge in [-0.15, -0.1) is 0 Å². The molecule has 3 nitrogen and oxygen atoms in total. The minimum Gasteiger partial charge on any atom is -0.469 e. The Morgan fingerprint density at radius 1 is 1.54 bits per heavy atom. The molecule has 1 N–H and O–H groups in total. The van der Waals surface area contributed by atoms with Gasteiger partial charge in [0.05, 0.1) is 19.1 Å². The first kappa shape index (κ1) is 12.2. The van der Waals surface area contributed by atoms with Crippen LogP contribution in [0, 0.1) is 5.92 Å². The monoisotopic (exact) mass is 186 g/mol. The van der Waals surface area contributed by atoms with Crippen molar-refractivity contribution in [3.8, 4) is 0 Å². The van der Waals surface area contributed by atoms with E-state index in [1.165, 1.54) is 7.11 Å². The van der Waals surface area contributed by atoms with Crippen LogP contribution in [0.4, 0.5) is 0 Å². The first-order chi connectivity index (χ1) is 5.99. The highest BCUT2D eigenvalue weighted by atomic mass is 16.5. The van der Waals surface area contributed by atoms with Gasteiger partial charge in [-0.25, -0.2) is 0 Å². The zero-order chi connectivity index (χ0) is 10.4. The fraction of sp³-hybridized carbons (Fsp3) is 0.700. The fourth-order valence-corrected chi connectivity index (χ4v) is 1.00. The van der Waals surface area contributed by atoms with E-state index in [4.69, 9.17) is 0 Å². The van der Waals surface area contributed by atoms with Crippen molar-refractivity contribution >= 4 is 5.97 Å². The summed E-state index contributed by atoms with van der Waals surface area (Å²) in [6.45, 7) is 5.51. The largest absolute Gasteiger partial charge is 0.469 e. The van der Waals surface area contributed by atoms with Crippen LogP contribution in [0.25, 0.3) is 0 Å². The number of carbonyl (C=O) groups excluding carboxylic acids is 1. The predicted molar refractivity (Wildman–Crippen MR) is 51.2 cm³/mol. The van der Waals surface area contributed by atoms with Crippen LogP contribution >= 0.6 is 0 Å². The lowest BCUT2D eigenvalue weighted by atomic mass is 9.99. The van der Waals surface area contributed by atoms with Crippen LogP contribution in [-0.4, -0.2) is 24.3 Å². The lowest BCUT2D eigenvalue weighted by Gasteiger charge is -2.15. The van der Waals surface area contributed by atoms with Gasteiger partial charge in [0.25, 0.3) is 0 Å². The number of hydrogen-bond donors (Lipinski definition) is 1. The van der Waals surface area contributed by atoms with Crippen LogP contribution < -0.4 is 0 Å². The lowest BCUT2D eigenvalue weighted by molar-refractivity contribution is -0.148. The number of aliphatic hydroxyl groups excluding tert-OH is 1. The average molecular weight is 186 g/mol. The van der Waals surface area contributed by atoms with Gasteiger partial charge >= 0.3 is 5.97 Å². The number of carbonyl (C=O) groups is 1. The molecular formula is C10H18O3. The third kappa shape index (κ3) is 4.68. The third-order valence-corrected chi connectivity index (χ3v) is 1.87. The topological polar surface area (TPSA) is 46.5 Å². The van der Waals surface area contributed by atoms with Crippen molar-refractivity contribution in [1.29, 1.82) is 0 Å². The minimum absolute atomic E-state index is 0.354. The third-order valence-electron chi connectivity index (χ3n) is 1.87. The van der Waals surface area contributed by atoms with Gasteiger partial charge in [0, 0.05) is 0 Å². The molecule has 0 saturated heterocycles. The second-order valence-electron chi connectivity index (χ2n) is 3.39. The second-order valence-corrected chi connectivity index (χ2v) is 3.39. The molecule has 0 fully saturated rings. The van der Waals surface area contributed by atoms with E-state index in [1.807, 2.05) is 19.9 Å². The summed E-state index contributed by atoms with van der Waals surface area (Å²) in [5.74, 6) is -0.799. The molecule has 0 aliphatic rings. The molecular weight excluding hydrogens is 168 g/mol. The molecule has 3 heteroatoms. The molecule has 2 atom stereocenters. The van der Waals surface area contributed by atoms with Crippen molar-refractivity contribution in [1.82, 2.24) is 0 Å². The molecule has 76 valence electrons. The van der Waals surface area contributed by atoms with Gasteiger partial charge in [0.15, 0.2) is 0 Å². The summed E-state index contributed by atoms with van der Waals surface area (Å²) >= 11 is 0. The highest BCUT2D eigenvalue weighted by Crippen LogP contribution is 2.12. The van der Waals surface area contributed by atoms with E-state index in [1.54, 1.807) is 6.92 Å². The van der Waals surface area contributed by atoms with E-state index in [2.05, 4.69) is 4.74 Å². The first-order valence-electron chi connectivity index (χ1n) is 4.38. The van der Waals surface area contributed by atoms with Crippen molar-refractivity contribution in [2.75, 3.05) is 7.11 Å². The molecule has 0 unspecified atom stereocenters. The van der Waals surface area contributed by atoms with Crippen molar-refractivity contribution in [3.05, 3.63) is 11.6 Å². The highest BCUT2D eigenvalue weighted by molar-refractivity contribution is 5.73. The number of esters is 1. The van der Waals surface area contributed by atoms with Crippen molar-refractivity contribution in [3.63, 3.8) is 0 Å². The van der Waals surface area contributed by atoms with Gasteiger partial charge < -0.3 is 9.84 Å². The standard InChI is InChI=1S/C10H18O3/c1-7(2)5-6-9(8(3)11)10(12)13-4/h5,8-9,11H,6H2,1-4H3/t8-,9-/m0/s1. The molecule has 0 aliphatic heterocycles. The van der Waals surface area contributed by atoms with Crippen LogP contribution in [0.3, 0.4) is 0 Å². The molecule has 0 heterocycles. The van der Waals surface area contributed by atoms with Crippen molar-refractivity contribution < 1.29 is 14.6 Å². The normalized spacial score (nSPS) is 14.5. The van der Waals surface area contributed by atoms with Gasteiger partial charge in [-0.2, -0.15) is 0 Å². The van der Waals surface area contributed by atoms with E-state index >= 15 is 0 Å². The number of allylic oxidation sites excluding steroid dienone is 2. The van der Waals surface area contributed by atoms with Gasteiger partial charge in [-0.3, -0.25) is 4.79 Å². The molecule has 0 aromatic heterocycles. The van der Waals surface area contributed by atoms with Crippen LogP contribution in [0.2, 0.25) is 0 Å². The van der Waals surface area contributed by atoms with Crippen molar-refractivity contribution in [2.45, 2.75) is 33.3 Å². The molecule has 0 aromatic carbocycles. The number of ether oxygens (including phenoxy) is 1. The van der Waals surface area contributed by atoms with Crippen LogP contribution in [0.1, 0.15) is 27.2 Å². The fourth-order valence-electron chi connectivity index (χ4n) is 1.00. The molecule has 0 saturated carbocycles. The maximum absolute atomic E-state index is 11.2. The molecule has 0 bridgehead atoms. The Labute approximate surface area is 79.4 Å². The van der Waals surface area contributed by atoms with E-state index in [9.17, 15) is 9.90 Å². The molecule has 0 radical (unpaired) electrons. The van der Waals surface area contributed by atoms with Crippen LogP contribution in [-0.2, 0) is 9.53 Å². The van der Waals surface area contributed by atoms with Gasteiger partial charge in [-0.1, -0.05) is 11.6 Å². The molecule has 0 spiro atoms. The summed E-state index contributed by atoms with van der Waals surface area (Å²) in [6.07, 6.45) is 1.80. The molecule has 0 amide bonds. The summed E-state index contributed by atoms with van der Waals surface area (Å²) in [5.41, 5.74) is 1.13. The average Bonchev–Trinajstić information content (AvgIpc) is 2.03. The number of rotatable bonds is 4. The summed E-state index contributed by atoms with van der Waals surface area (Å²) in [6, 6.07) is 0. The quantitative estimate of drug-likeness (QED) is 0.534. The molecule has 0 rings (SSSR count). The Kier molecular flexibility index (Phi) is 5.39. The van der Waals surface area contributed by atoms with Crippen molar-refractivity contribution in [2.24, 2.45) is 5.92 Å². The van der Waals surface area contributed by atoms with Gasteiger partial charge in [0.2, 0.25) is 0 Å². The Bertz CT molecular complexity index is 190. The number of hydrogen-bond acceptors (Lipinski definition) is 3. The zero-order valence-corrected chi connectivity index (χ0v) is 8.70. The van der Waals surface area contributed by atoms with Crippen LogP contribution in [0.15, 0.2) is 11.6 Å².